The van der Waals surface area contributed by atoms with E-state index in [4.69, 9.17) is 0 Å². The van der Waals surface area contributed by atoms with Crippen molar-refractivity contribution in [2.45, 2.75) is 36.6 Å². The molecule has 0 spiro atoms. The number of sulfone groups is 1. The van der Waals surface area contributed by atoms with Crippen LogP contribution in [0.3, 0.4) is 0 Å². The number of anilines is 1. The van der Waals surface area contributed by atoms with E-state index in [9.17, 15) is 21.6 Å². The van der Waals surface area contributed by atoms with Gasteiger partial charge in [0.15, 0.2) is 15.0 Å². The third-order valence-corrected chi connectivity index (χ3v) is 11.6. The van der Waals surface area contributed by atoms with Gasteiger partial charge >= 0.3 is 0 Å². The van der Waals surface area contributed by atoms with Crippen LogP contribution in [-0.2, 0) is 32.8 Å². The Hall–Kier alpha value is -3.16. The van der Waals surface area contributed by atoms with Gasteiger partial charge in [-0.25, -0.2) is 21.8 Å². The number of sulfonamides is 1. The van der Waals surface area contributed by atoms with Crippen LogP contribution >= 0.6 is 11.3 Å². The molecule has 0 fully saturated rings. The summed E-state index contributed by atoms with van der Waals surface area (Å²) in [6.07, 6.45) is 1.81. The van der Waals surface area contributed by atoms with Crippen LogP contribution in [-0.4, -0.2) is 75.9 Å². The molecule has 0 unspecified atom stereocenters. The second-order valence-corrected chi connectivity index (χ2v) is 15.2. The smallest absolute Gasteiger partial charge is 0.260 e. The highest BCUT2D eigenvalue weighted by Gasteiger charge is 2.29. The first-order valence-corrected chi connectivity index (χ1v) is 18.0. The van der Waals surface area contributed by atoms with Crippen LogP contribution < -0.4 is 4.90 Å². The molecule has 222 valence electrons. The summed E-state index contributed by atoms with van der Waals surface area (Å²) < 4.78 is 53.2. The van der Waals surface area contributed by atoms with Crippen LogP contribution in [0.25, 0.3) is 10.2 Å². The van der Waals surface area contributed by atoms with Gasteiger partial charge < -0.3 is 4.90 Å². The maximum atomic E-state index is 13.9. The van der Waals surface area contributed by atoms with Crippen LogP contribution in [0.2, 0.25) is 0 Å². The summed E-state index contributed by atoms with van der Waals surface area (Å²) in [6, 6.07) is 18.7. The fourth-order valence-corrected chi connectivity index (χ4v) is 8.22. The summed E-state index contributed by atoms with van der Waals surface area (Å²) in [6.45, 7) is 7.46. The molecule has 42 heavy (non-hydrogen) atoms. The van der Waals surface area contributed by atoms with E-state index in [1.165, 1.54) is 33.8 Å². The normalized spacial score (nSPS) is 14.3. The molecule has 9 nitrogen and oxygen atoms in total. The van der Waals surface area contributed by atoms with Gasteiger partial charge in [-0.3, -0.25) is 9.69 Å². The molecule has 0 saturated carbocycles. The lowest BCUT2D eigenvalue weighted by molar-refractivity contribution is 0.0983. The first-order valence-electron chi connectivity index (χ1n) is 13.8. The molecule has 0 bridgehead atoms. The second kappa shape index (κ2) is 12.2. The average molecular weight is 627 g/mol. The van der Waals surface area contributed by atoms with Crippen molar-refractivity contribution in [1.82, 2.24) is 14.2 Å². The van der Waals surface area contributed by atoms with Crippen molar-refractivity contribution in [2.75, 3.05) is 43.9 Å². The highest BCUT2D eigenvalue weighted by Crippen LogP contribution is 2.32. The first-order chi connectivity index (χ1) is 20.0. The lowest BCUT2D eigenvalue weighted by Gasteiger charge is -2.28. The molecule has 4 aromatic rings. The number of carbonyl (C=O) groups excluding carboxylic acids is 1. The predicted molar refractivity (Wildman–Crippen MR) is 166 cm³/mol. The van der Waals surface area contributed by atoms with Gasteiger partial charge in [0.05, 0.1) is 20.0 Å². The van der Waals surface area contributed by atoms with Gasteiger partial charge in [0.1, 0.15) is 0 Å². The van der Waals surface area contributed by atoms with E-state index in [1.54, 1.807) is 29.2 Å². The van der Waals surface area contributed by atoms with Crippen molar-refractivity contribution in [3.05, 3.63) is 83.4 Å². The summed E-state index contributed by atoms with van der Waals surface area (Å²) in [5, 5.41) is 0.455. The Kier molecular flexibility index (Phi) is 8.81. The Morgan fingerprint density at radius 2 is 1.57 bits per heavy atom. The number of aromatic nitrogens is 1. The van der Waals surface area contributed by atoms with Crippen LogP contribution in [0.15, 0.2) is 76.5 Å². The van der Waals surface area contributed by atoms with Crippen molar-refractivity contribution >= 4 is 52.5 Å². The molecule has 5 rings (SSSR count). The fourth-order valence-electron chi connectivity index (χ4n) is 5.05. The van der Waals surface area contributed by atoms with E-state index < -0.39 is 19.9 Å². The fraction of sp³-hybridized carbons (Fsp3) is 0.333. The minimum Gasteiger partial charge on any atom is -0.302 e. The van der Waals surface area contributed by atoms with Crippen molar-refractivity contribution < 1.29 is 21.6 Å². The Bertz CT molecular complexity index is 1820. The number of likely N-dealkylation sites (N-methyl/N-ethyl adjacent to an activating group) is 1. The molecule has 0 atom stereocenters. The standard InChI is InChI=1S/C30H34N4O5S3/c1-4-32(5-2)18-19-34(30-31-27-15-14-26(41(3,36)37)20-28(27)40-30)29(35)23-10-12-25(13-11-23)42(38,39)33-17-16-22-8-6-7-9-24(22)21-33/h6-15,20H,4-5,16-19,21H2,1-3H3. The lowest BCUT2D eigenvalue weighted by atomic mass is 10.0. The Morgan fingerprint density at radius 1 is 0.905 bits per heavy atom. The maximum Gasteiger partial charge on any atom is 0.260 e. The van der Waals surface area contributed by atoms with Crippen molar-refractivity contribution in [2.24, 2.45) is 0 Å². The highest BCUT2D eigenvalue weighted by atomic mass is 32.2. The third kappa shape index (κ3) is 6.28. The number of amides is 1. The van der Waals surface area contributed by atoms with Gasteiger partial charge in [-0.2, -0.15) is 4.31 Å². The van der Waals surface area contributed by atoms with Gasteiger partial charge in [-0.1, -0.05) is 49.4 Å². The number of hydrogen-bond acceptors (Lipinski definition) is 8. The SMILES string of the molecule is CCN(CC)CCN(C(=O)c1ccc(S(=O)(=O)N2CCc3ccccc3C2)cc1)c1nc2ccc(S(C)(=O)=O)cc2s1. The zero-order valence-electron chi connectivity index (χ0n) is 23.9. The van der Waals surface area contributed by atoms with Gasteiger partial charge in [-0.05, 0) is 73.1 Å². The van der Waals surface area contributed by atoms with E-state index in [0.29, 0.717) is 53.5 Å². The number of carbonyl (C=O) groups is 1. The number of fused-ring (bicyclic) bond motifs is 2. The van der Waals surface area contributed by atoms with E-state index >= 15 is 0 Å². The second-order valence-electron chi connectivity index (χ2n) is 10.3. The molecule has 0 N–H and O–H groups in total. The van der Waals surface area contributed by atoms with E-state index in [0.717, 1.165) is 30.5 Å². The van der Waals surface area contributed by atoms with Crippen LogP contribution in [0.1, 0.15) is 35.3 Å². The lowest BCUT2D eigenvalue weighted by Crippen LogP contribution is -2.39. The Labute approximate surface area is 251 Å². The predicted octanol–water partition coefficient (Wildman–Crippen LogP) is 4.44. The molecule has 1 aliphatic heterocycles. The number of rotatable bonds is 10. The topological polar surface area (TPSA) is 108 Å². The maximum absolute atomic E-state index is 13.9. The Morgan fingerprint density at radius 3 is 2.24 bits per heavy atom. The van der Waals surface area contributed by atoms with Crippen LogP contribution in [0.4, 0.5) is 5.13 Å². The number of thiazole rings is 1. The highest BCUT2D eigenvalue weighted by molar-refractivity contribution is 7.90. The van der Waals surface area contributed by atoms with Gasteiger partial charge in [0, 0.05) is 38.0 Å². The number of nitrogens with zero attached hydrogens (tertiary/aromatic N) is 4. The van der Waals surface area contributed by atoms with Crippen LogP contribution in [0, 0.1) is 0 Å². The van der Waals surface area contributed by atoms with E-state index in [2.05, 4.69) is 23.7 Å². The van der Waals surface area contributed by atoms with Gasteiger partial charge in [0.2, 0.25) is 10.0 Å². The molecule has 0 radical (unpaired) electrons. The monoisotopic (exact) mass is 626 g/mol. The Balaban J connectivity index is 1.42. The quantitative estimate of drug-likeness (QED) is 0.256. The largest absolute Gasteiger partial charge is 0.302 e. The molecule has 12 heteroatoms. The molecule has 1 amide bonds. The van der Waals surface area contributed by atoms with E-state index in [1.807, 2.05) is 24.3 Å². The third-order valence-electron chi connectivity index (χ3n) is 7.62. The molecule has 1 aromatic heterocycles. The first kappa shape index (κ1) is 30.3. The minimum atomic E-state index is -3.74. The number of hydrogen-bond donors (Lipinski definition) is 0. The van der Waals surface area contributed by atoms with Gasteiger partial charge in [0.25, 0.3) is 5.91 Å². The average Bonchev–Trinajstić information content (AvgIpc) is 3.41. The molecule has 0 aliphatic carbocycles. The minimum absolute atomic E-state index is 0.140. The zero-order chi connectivity index (χ0) is 30.1. The summed E-state index contributed by atoms with van der Waals surface area (Å²) in [7, 11) is -7.13. The molecule has 1 aliphatic rings. The zero-order valence-corrected chi connectivity index (χ0v) is 26.3. The molecule has 2 heterocycles. The summed E-state index contributed by atoms with van der Waals surface area (Å²) in [5.74, 6) is -0.305. The van der Waals surface area contributed by atoms with E-state index in [-0.39, 0.29) is 15.7 Å². The summed E-state index contributed by atoms with van der Waals surface area (Å²) in [5.41, 5.74) is 3.11. The molecular weight excluding hydrogens is 593 g/mol. The van der Waals surface area contributed by atoms with Gasteiger partial charge in [-0.15, -0.1) is 0 Å². The molecular formula is C30H34N4O5S3. The van der Waals surface area contributed by atoms with Crippen molar-refractivity contribution in [3.63, 3.8) is 0 Å². The van der Waals surface area contributed by atoms with Crippen molar-refractivity contribution in [1.29, 1.82) is 0 Å². The molecule has 0 saturated heterocycles. The number of benzene rings is 3. The summed E-state index contributed by atoms with van der Waals surface area (Å²) in [4.78, 5) is 22.6. The summed E-state index contributed by atoms with van der Waals surface area (Å²) >= 11 is 1.25. The van der Waals surface area contributed by atoms with Crippen molar-refractivity contribution in [3.8, 4) is 0 Å². The van der Waals surface area contributed by atoms with Crippen LogP contribution in [0.5, 0.6) is 0 Å². The molecule has 3 aromatic carbocycles.